The predicted octanol–water partition coefficient (Wildman–Crippen LogP) is 4.91. The van der Waals surface area contributed by atoms with E-state index in [0.29, 0.717) is 25.3 Å². The van der Waals surface area contributed by atoms with Crippen molar-refractivity contribution in [3.05, 3.63) is 100 Å². The summed E-state index contributed by atoms with van der Waals surface area (Å²) in [5.41, 5.74) is 2.97. The average Bonchev–Trinajstić information content (AvgIpc) is 2.82. The van der Waals surface area contributed by atoms with Crippen molar-refractivity contribution < 1.29 is 14.3 Å². The summed E-state index contributed by atoms with van der Waals surface area (Å²) in [6, 6.07) is 24.4. The summed E-state index contributed by atoms with van der Waals surface area (Å²) in [4.78, 5) is 28.2. The van der Waals surface area contributed by atoms with Crippen molar-refractivity contribution in [3.8, 4) is 5.75 Å². The van der Waals surface area contributed by atoms with Crippen LogP contribution >= 0.6 is 15.9 Å². The fraction of sp³-hybridized carbons (Fsp3) is 0.259. The Kier molecular flexibility index (Phi) is 9.07. The van der Waals surface area contributed by atoms with E-state index in [1.54, 1.807) is 4.90 Å². The molecule has 0 aliphatic carbocycles. The van der Waals surface area contributed by atoms with Gasteiger partial charge in [0.15, 0.2) is 6.61 Å². The van der Waals surface area contributed by atoms with Gasteiger partial charge in [0.1, 0.15) is 11.8 Å². The number of rotatable bonds is 10. The first-order valence-corrected chi connectivity index (χ1v) is 11.8. The summed E-state index contributed by atoms with van der Waals surface area (Å²) in [5.74, 6) is 0.207. The molecule has 0 saturated carbocycles. The number of nitrogens with zero attached hydrogens (tertiary/aromatic N) is 1. The highest BCUT2D eigenvalue weighted by atomic mass is 79.9. The van der Waals surface area contributed by atoms with Crippen LogP contribution in [0, 0.1) is 6.92 Å². The van der Waals surface area contributed by atoms with E-state index in [0.717, 1.165) is 21.2 Å². The highest BCUT2D eigenvalue weighted by Gasteiger charge is 2.30. The molecule has 3 aromatic rings. The molecule has 1 atom stereocenters. The Hall–Kier alpha value is -3.12. The largest absolute Gasteiger partial charge is 0.484 e. The van der Waals surface area contributed by atoms with Gasteiger partial charge in [0.25, 0.3) is 5.91 Å². The maximum absolute atomic E-state index is 13.4. The summed E-state index contributed by atoms with van der Waals surface area (Å²) in [5, 5.41) is 2.90. The Morgan fingerprint density at radius 3 is 2.36 bits per heavy atom. The van der Waals surface area contributed by atoms with Gasteiger partial charge in [-0.25, -0.2) is 0 Å². The minimum absolute atomic E-state index is 0.148. The van der Waals surface area contributed by atoms with Crippen LogP contribution in [0.4, 0.5) is 0 Å². The molecule has 0 aliphatic rings. The smallest absolute Gasteiger partial charge is 0.261 e. The Labute approximate surface area is 203 Å². The zero-order valence-corrected chi connectivity index (χ0v) is 20.5. The van der Waals surface area contributed by atoms with Crippen molar-refractivity contribution in [2.24, 2.45) is 0 Å². The standard InChI is InChI=1S/C27H29BrN2O3/c1-3-29-27(32)25(17-21-9-5-4-6-10-21)30(18-22-12-14-23(28)15-13-22)26(31)19-33-24-11-7-8-20(2)16-24/h4-16,25H,3,17-19H2,1-2H3,(H,29,32)/t25-/m1/s1. The monoisotopic (exact) mass is 508 g/mol. The third-order valence-electron chi connectivity index (χ3n) is 5.24. The highest BCUT2D eigenvalue weighted by Crippen LogP contribution is 2.18. The Bertz CT molecular complexity index is 1050. The summed E-state index contributed by atoms with van der Waals surface area (Å²) in [7, 11) is 0. The number of carbonyl (C=O) groups excluding carboxylic acids is 2. The number of carbonyl (C=O) groups is 2. The molecule has 0 aliphatic heterocycles. The summed E-state index contributed by atoms with van der Waals surface area (Å²) >= 11 is 3.45. The second-order valence-electron chi connectivity index (χ2n) is 7.85. The second kappa shape index (κ2) is 12.2. The first kappa shape index (κ1) is 24.5. The first-order chi connectivity index (χ1) is 16.0. The van der Waals surface area contributed by atoms with E-state index in [9.17, 15) is 9.59 Å². The highest BCUT2D eigenvalue weighted by molar-refractivity contribution is 9.10. The Balaban J connectivity index is 1.88. The van der Waals surface area contributed by atoms with Crippen LogP contribution in [-0.4, -0.2) is 35.9 Å². The van der Waals surface area contributed by atoms with Crippen LogP contribution in [0.15, 0.2) is 83.3 Å². The van der Waals surface area contributed by atoms with E-state index in [1.807, 2.05) is 92.7 Å². The van der Waals surface area contributed by atoms with Gasteiger partial charge in [-0.2, -0.15) is 0 Å². The minimum atomic E-state index is -0.662. The maximum Gasteiger partial charge on any atom is 0.261 e. The number of hydrogen-bond donors (Lipinski definition) is 1. The van der Waals surface area contributed by atoms with Gasteiger partial charge >= 0.3 is 0 Å². The molecular weight excluding hydrogens is 480 g/mol. The molecule has 0 fully saturated rings. The lowest BCUT2D eigenvalue weighted by molar-refractivity contribution is -0.142. The molecule has 0 spiro atoms. The molecular formula is C27H29BrN2O3. The van der Waals surface area contributed by atoms with Crippen LogP contribution in [-0.2, 0) is 22.6 Å². The van der Waals surface area contributed by atoms with Gasteiger partial charge in [-0.3, -0.25) is 9.59 Å². The van der Waals surface area contributed by atoms with Crippen molar-refractivity contribution in [2.75, 3.05) is 13.2 Å². The molecule has 5 nitrogen and oxygen atoms in total. The van der Waals surface area contributed by atoms with Crippen LogP contribution < -0.4 is 10.1 Å². The van der Waals surface area contributed by atoms with Crippen molar-refractivity contribution >= 4 is 27.7 Å². The average molecular weight is 509 g/mol. The normalized spacial score (nSPS) is 11.5. The molecule has 6 heteroatoms. The molecule has 3 aromatic carbocycles. The topological polar surface area (TPSA) is 58.6 Å². The van der Waals surface area contributed by atoms with Crippen molar-refractivity contribution in [3.63, 3.8) is 0 Å². The van der Waals surface area contributed by atoms with E-state index in [2.05, 4.69) is 21.2 Å². The third-order valence-corrected chi connectivity index (χ3v) is 5.77. The Morgan fingerprint density at radius 1 is 0.970 bits per heavy atom. The van der Waals surface area contributed by atoms with Gasteiger partial charge in [-0.15, -0.1) is 0 Å². The summed E-state index contributed by atoms with van der Waals surface area (Å²) in [6.45, 7) is 4.49. The van der Waals surface area contributed by atoms with Crippen LogP contribution in [0.2, 0.25) is 0 Å². The van der Waals surface area contributed by atoms with Gasteiger partial charge in [-0.1, -0.05) is 70.5 Å². The molecule has 0 bridgehead atoms. The number of ether oxygens (including phenoxy) is 1. The molecule has 3 rings (SSSR count). The van der Waals surface area contributed by atoms with Gasteiger partial charge in [0.2, 0.25) is 5.91 Å². The third kappa shape index (κ3) is 7.46. The molecule has 0 aromatic heterocycles. The second-order valence-corrected chi connectivity index (χ2v) is 8.77. The fourth-order valence-electron chi connectivity index (χ4n) is 3.57. The molecule has 1 N–H and O–H groups in total. The first-order valence-electron chi connectivity index (χ1n) is 11.0. The molecule has 33 heavy (non-hydrogen) atoms. The molecule has 2 amide bonds. The van der Waals surface area contributed by atoms with E-state index in [4.69, 9.17) is 4.74 Å². The number of aryl methyl sites for hydroxylation is 1. The van der Waals surface area contributed by atoms with Gasteiger partial charge < -0.3 is 15.0 Å². The van der Waals surface area contributed by atoms with Crippen molar-refractivity contribution in [2.45, 2.75) is 32.9 Å². The molecule has 0 unspecified atom stereocenters. The molecule has 0 heterocycles. The number of likely N-dealkylation sites (N-methyl/N-ethyl adjacent to an activating group) is 1. The van der Waals surface area contributed by atoms with E-state index in [-0.39, 0.29) is 18.4 Å². The lowest BCUT2D eigenvalue weighted by atomic mass is 10.0. The van der Waals surface area contributed by atoms with E-state index >= 15 is 0 Å². The Morgan fingerprint density at radius 2 is 1.70 bits per heavy atom. The quantitative estimate of drug-likeness (QED) is 0.423. The molecule has 0 saturated heterocycles. The zero-order chi connectivity index (χ0) is 23.6. The van der Waals surface area contributed by atoms with E-state index < -0.39 is 6.04 Å². The number of amides is 2. The molecule has 0 radical (unpaired) electrons. The fourth-order valence-corrected chi connectivity index (χ4v) is 3.83. The van der Waals surface area contributed by atoms with Crippen LogP contribution in [0.5, 0.6) is 5.75 Å². The van der Waals surface area contributed by atoms with Crippen LogP contribution in [0.1, 0.15) is 23.6 Å². The lowest BCUT2D eigenvalue weighted by Gasteiger charge is -2.31. The van der Waals surface area contributed by atoms with Gasteiger partial charge in [-0.05, 0) is 54.8 Å². The number of halogens is 1. The number of benzene rings is 3. The van der Waals surface area contributed by atoms with Crippen molar-refractivity contribution in [1.82, 2.24) is 10.2 Å². The number of hydrogen-bond acceptors (Lipinski definition) is 3. The van der Waals surface area contributed by atoms with Gasteiger partial charge in [0.05, 0.1) is 0 Å². The summed E-state index contributed by atoms with van der Waals surface area (Å²) < 4.78 is 6.75. The lowest BCUT2D eigenvalue weighted by Crippen LogP contribution is -2.51. The number of nitrogens with one attached hydrogen (secondary N) is 1. The SMILES string of the molecule is CCNC(=O)[C@@H](Cc1ccccc1)N(Cc1ccc(Br)cc1)C(=O)COc1cccc(C)c1. The van der Waals surface area contributed by atoms with Crippen LogP contribution in [0.3, 0.4) is 0 Å². The maximum atomic E-state index is 13.4. The summed E-state index contributed by atoms with van der Waals surface area (Å²) in [6.07, 6.45) is 0.416. The molecule has 172 valence electrons. The predicted molar refractivity (Wildman–Crippen MR) is 134 cm³/mol. The zero-order valence-electron chi connectivity index (χ0n) is 19.0. The van der Waals surface area contributed by atoms with E-state index in [1.165, 1.54) is 0 Å². The van der Waals surface area contributed by atoms with Gasteiger partial charge in [0, 0.05) is 24.0 Å². The van der Waals surface area contributed by atoms with Crippen LogP contribution in [0.25, 0.3) is 0 Å². The minimum Gasteiger partial charge on any atom is -0.484 e. The van der Waals surface area contributed by atoms with Crippen molar-refractivity contribution in [1.29, 1.82) is 0 Å².